The van der Waals surface area contributed by atoms with Crippen LogP contribution >= 0.6 is 11.3 Å². The summed E-state index contributed by atoms with van der Waals surface area (Å²) in [5, 5.41) is 3.09. The van der Waals surface area contributed by atoms with Crippen molar-refractivity contribution in [3.63, 3.8) is 0 Å². The number of rotatable bonds is 4. The molecule has 2 aromatic heterocycles. The van der Waals surface area contributed by atoms with E-state index >= 15 is 0 Å². The van der Waals surface area contributed by atoms with Gasteiger partial charge in [0.05, 0.1) is 22.7 Å². The van der Waals surface area contributed by atoms with Crippen LogP contribution in [0, 0.1) is 6.92 Å². The summed E-state index contributed by atoms with van der Waals surface area (Å²) in [6.07, 6.45) is 0.504. The highest BCUT2D eigenvalue weighted by molar-refractivity contribution is 7.13. The number of carbonyl (C=O) groups is 2. The number of carbonyl (C=O) groups excluding carboxylic acids is 2. The number of hydrogen-bond donors (Lipinski definition) is 0. The van der Waals surface area contributed by atoms with Crippen LogP contribution in [0.15, 0.2) is 41.8 Å². The summed E-state index contributed by atoms with van der Waals surface area (Å²) in [6, 6.07) is 11.9. The molecule has 3 heterocycles. The van der Waals surface area contributed by atoms with Crippen molar-refractivity contribution in [2.24, 2.45) is 0 Å². The first kappa shape index (κ1) is 20.3. The maximum atomic E-state index is 13.1. The molecule has 1 aliphatic heterocycles. The van der Waals surface area contributed by atoms with Gasteiger partial charge in [0.1, 0.15) is 0 Å². The molecule has 0 bridgehead atoms. The van der Waals surface area contributed by atoms with Gasteiger partial charge in [-0.05, 0) is 48.6 Å². The monoisotopic (exact) mass is 423 g/mol. The summed E-state index contributed by atoms with van der Waals surface area (Å²) in [4.78, 5) is 34.4. The van der Waals surface area contributed by atoms with Crippen molar-refractivity contribution in [2.75, 3.05) is 32.8 Å². The number of hydrogen-bond acceptors (Lipinski definition) is 5. The average molecular weight is 424 g/mol. The van der Waals surface area contributed by atoms with Crippen LogP contribution in [0.25, 0.3) is 21.5 Å². The first-order chi connectivity index (χ1) is 14.6. The summed E-state index contributed by atoms with van der Waals surface area (Å²) < 4.78 is 5.19. The molecule has 1 saturated heterocycles. The third-order valence-electron chi connectivity index (χ3n) is 5.29. The third-order valence-corrected chi connectivity index (χ3v) is 6.18. The Morgan fingerprint density at radius 1 is 1.10 bits per heavy atom. The van der Waals surface area contributed by atoms with Gasteiger partial charge in [-0.2, -0.15) is 0 Å². The normalized spacial score (nSPS) is 14.2. The fourth-order valence-electron chi connectivity index (χ4n) is 3.64. The molecule has 0 saturated carbocycles. The third kappa shape index (κ3) is 4.16. The smallest absolute Gasteiger partial charge is 0.409 e. The molecule has 0 N–H and O–H groups in total. The van der Waals surface area contributed by atoms with Gasteiger partial charge in [0.2, 0.25) is 0 Å². The molecule has 156 valence electrons. The summed E-state index contributed by atoms with van der Waals surface area (Å²) in [7, 11) is 0. The van der Waals surface area contributed by atoms with Crippen molar-refractivity contribution in [3.8, 4) is 10.6 Å². The minimum atomic E-state index is -0.296. The molecule has 0 aliphatic carbocycles. The zero-order valence-electron chi connectivity index (χ0n) is 17.3. The average Bonchev–Trinajstić information content (AvgIpc) is 3.31. The van der Waals surface area contributed by atoms with Crippen LogP contribution in [0.5, 0.6) is 0 Å². The molecule has 1 aliphatic rings. The van der Waals surface area contributed by atoms with Crippen molar-refractivity contribution >= 4 is 34.2 Å². The van der Waals surface area contributed by atoms with Gasteiger partial charge in [-0.15, -0.1) is 11.3 Å². The Morgan fingerprint density at radius 2 is 1.87 bits per heavy atom. The van der Waals surface area contributed by atoms with Gasteiger partial charge in [-0.25, -0.2) is 9.78 Å². The number of amides is 2. The summed E-state index contributed by atoms with van der Waals surface area (Å²) in [5.74, 6) is -0.0283. The van der Waals surface area contributed by atoms with Crippen LogP contribution in [-0.4, -0.2) is 59.6 Å². The van der Waals surface area contributed by atoms with Gasteiger partial charge in [0.15, 0.2) is 0 Å². The van der Waals surface area contributed by atoms with Crippen molar-refractivity contribution in [2.45, 2.75) is 20.3 Å². The van der Waals surface area contributed by atoms with E-state index in [2.05, 4.69) is 19.1 Å². The number of ether oxygens (including phenoxy) is 1. The second-order valence-electron chi connectivity index (χ2n) is 7.43. The zero-order chi connectivity index (χ0) is 21.1. The predicted octanol–water partition coefficient (Wildman–Crippen LogP) is 4.58. The molecule has 1 aromatic carbocycles. The molecule has 4 rings (SSSR count). The van der Waals surface area contributed by atoms with Gasteiger partial charge >= 0.3 is 6.09 Å². The Kier molecular flexibility index (Phi) is 5.99. The van der Waals surface area contributed by atoms with E-state index in [0.29, 0.717) is 38.3 Å². The van der Waals surface area contributed by atoms with Crippen LogP contribution in [0.2, 0.25) is 0 Å². The van der Waals surface area contributed by atoms with E-state index in [4.69, 9.17) is 9.72 Å². The maximum absolute atomic E-state index is 13.1. The molecular formula is C23H25N3O3S. The lowest BCUT2D eigenvalue weighted by molar-refractivity contribution is 0.0560. The van der Waals surface area contributed by atoms with Crippen molar-refractivity contribution in [3.05, 3.63) is 52.9 Å². The van der Waals surface area contributed by atoms with Crippen molar-refractivity contribution < 1.29 is 14.3 Å². The Morgan fingerprint density at radius 3 is 2.57 bits per heavy atom. The molecule has 1 fully saturated rings. The number of benzene rings is 1. The fraction of sp³-hybridized carbons (Fsp3) is 0.348. The summed E-state index contributed by atoms with van der Waals surface area (Å²) >= 11 is 1.65. The Balaban J connectivity index is 1.50. The minimum absolute atomic E-state index is 0.0283. The molecule has 30 heavy (non-hydrogen) atoms. The predicted molar refractivity (Wildman–Crippen MR) is 119 cm³/mol. The van der Waals surface area contributed by atoms with E-state index in [9.17, 15) is 9.59 Å². The van der Waals surface area contributed by atoms with E-state index in [1.165, 1.54) is 0 Å². The van der Waals surface area contributed by atoms with E-state index in [-0.39, 0.29) is 12.0 Å². The van der Waals surface area contributed by atoms with E-state index in [1.54, 1.807) is 21.1 Å². The minimum Gasteiger partial charge on any atom is -0.449 e. The molecule has 7 heteroatoms. The van der Waals surface area contributed by atoms with Crippen LogP contribution in [0.3, 0.4) is 0 Å². The number of thiophene rings is 1. The standard InChI is InChI=1S/C23H25N3O3S/c1-3-12-29-23(28)26-10-8-25(9-11-26)22(27)17-6-7-18-16(2)14-20(24-19(18)15-17)21-5-4-13-30-21/h4-7,13-15H,3,8-12H2,1-2H3. The number of pyridine rings is 1. The van der Waals surface area contributed by atoms with Gasteiger partial charge in [0.25, 0.3) is 5.91 Å². The van der Waals surface area contributed by atoms with Gasteiger partial charge in [0, 0.05) is 37.1 Å². The SMILES string of the molecule is CCCOC(=O)N1CCN(C(=O)c2ccc3c(C)cc(-c4cccs4)nc3c2)CC1. The van der Waals surface area contributed by atoms with Crippen molar-refractivity contribution in [1.82, 2.24) is 14.8 Å². The Hall–Kier alpha value is -2.93. The number of nitrogens with zero attached hydrogens (tertiary/aromatic N) is 3. The quantitative estimate of drug-likeness (QED) is 0.616. The first-order valence-corrected chi connectivity index (χ1v) is 11.1. The number of aryl methyl sites for hydroxylation is 1. The summed E-state index contributed by atoms with van der Waals surface area (Å²) in [5.41, 5.74) is 3.52. The summed E-state index contributed by atoms with van der Waals surface area (Å²) in [6.45, 7) is 6.44. The molecule has 0 radical (unpaired) electrons. The highest BCUT2D eigenvalue weighted by Gasteiger charge is 2.25. The van der Waals surface area contributed by atoms with Crippen molar-refractivity contribution in [1.29, 1.82) is 0 Å². The van der Waals surface area contributed by atoms with E-state index in [0.717, 1.165) is 33.5 Å². The fourth-order valence-corrected chi connectivity index (χ4v) is 4.33. The van der Waals surface area contributed by atoms with Gasteiger partial charge in [-0.3, -0.25) is 4.79 Å². The van der Waals surface area contributed by atoms with Gasteiger partial charge in [-0.1, -0.05) is 19.1 Å². The largest absolute Gasteiger partial charge is 0.449 e. The molecule has 0 spiro atoms. The van der Waals surface area contributed by atoms with Crippen LogP contribution < -0.4 is 0 Å². The lowest BCUT2D eigenvalue weighted by atomic mass is 10.0. The van der Waals surface area contributed by atoms with Crippen LogP contribution in [-0.2, 0) is 4.74 Å². The van der Waals surface area contributed by atoms with Gasteiger partial charge < -0.3 is 14.5 Å². The second kappa shape index (κ2) is 8.83. The molecule has 0 atom stereocenters. The lowest BCUT2D eigenvalue weighted by Gasteiger charge is -2.34. The highest BCUT2D eigenvalue weighted by Crippen LogP contribution is 2.28. The molecule has 3 aromatic rings. The second-order valence-corrected chi connectivity index (χ2v) is 8.37. The van der Waals surface area contributed by atoms with Crippen LogP contribution in [0.4, 0.5) is 4.79 Å². The number of fused-ring (bicyclic) bond motifs is 1. The number of piperazine rings is 1. The highest BCUT2D eigenvalue weighted by atomic mass is 32.1. The molecule has 2 amide bonds. The maximum Gasteiger partial charge on any atom is 0.409 e. The Bertz CT molecular complexity index is 1060. The molecule has 6 nitrogen and oxygen atoms in total. The molecular weight excluding hydrogens is 398 g/mol. The Labute approximate surface area is 180 Å². The van der Waals surface area contributed by atoms with Crippen LogP contribution in [0.1, 0.15) is 29.3 Å². The van der Waals surface area contributed by atoms with E-state index in [1.807, 2.05) is 36.6 Å². The zero-order valence-corrected chi connectivity index (χ0v) is 18.1. The first-order valence-electron chi connectivity index (χ1n) is 10.2. The number of aromatic nitrogens is 1. The van der Waals surface area contributed by atoms with E-state index < -0.39 is 0 Å². The lowest BCUT2D eigenvalue weighted by Crippen LogP contribution is -2.50. The topological polar surface area (TPSA) is 62.7 Å². The molecule has 0 unspecified atom stereocenters.